The lowest BCUT2D eigenvalue weighted by molar-refractivity contribution is 0.0625. The summed E-state index contributed by atoms with van der Waals surface area (Å²) in [5, 5.41) is 9.90. The lowest BCUT2D eigenvalue weighted by Crippen LogP contribution is -2.21. The number of aliphatic hydroxyl groups is 1. The molecular weight excluding hydrogens is 164 g/mol. The second-order valence-corrected chi connectivity index (χ2v) is 3.61. The predicted octanol–water partition coefficient (Wildman–Crippen LogP) is 1.50. The van der Waals surface area contributed by atoms with Gasteiger partial charge in [0, 0.05) is 11.8 Å². The monoisotopic (exact) mass is 178 g/mol. The number of hydrogen-bond acceptors (Lipinski definition) is 3. The van der Waals surface area contributed by atoms with Gasteiger partial charge in [-0.1, -0.05) is 12.5 Å². The van der Waals surface area contributed by atoms with Crippen LogP contribution >= 0.6 is 0 Å². The Kier molecular flexibility index (Phi) is 2.19. The van der Waals surface area contributed by atoms with Crippen molar-refractivity contribution in [2.75, 3.05) is 5.73 Å². The smallest absolute Gasteiger partial charge is 0.129 e. The molecule has 2 rings (SSSR count). The van der Waals surface area contributed by atoms with Gasteiger partial charge in [-0.05, 0) is 24.8 Å². The number of rotatable bonds is 2. The van der Waals surface area contributed by atoms with Crippen molar-refractivity contribution in [2.24, 2.45) is 5.92 Å². The normalized spacial score (nSPS) is 19.5. The van der Waals surface area contributed by atoms with Crippen LogP contribution in [-0.2, 0) is 0 Å². The second kappa shape index (κ2) is 3.34. The molecule has 0 saturated heterocycles. The first-order chi connectivity index (χ1) is 6.29. The molecule has 0 radical (unpaired) electrons. The lowest BCUT2D eigenvalue weighted by atomic mass is 9.79. The third-order valence-electron chi connectivity index (χ3n) is 2.79. The average Bonchev–Trinajstić information content (AvgIpc) is 2.01. The van der Waals surface area contributed by atoms with E-state index in [1.54, 1.807) is 6.20 Å². The minimum Gasteiger partial charge on any atom is -0.388 e. The van der Waals surface area contributed by atoms with Crippen LogP contribution in [0.4, 0.5) is 5.82 Å². The highest BCUT2D eigenvalue weighted by atomic mass is 16.3. The number of hydrogen-bond donors (Lipinski definition) is 2. The van der Waals surface area contributed by atoms with Crippen molar-refractivity contribution in [3.8, 4) is 0 Å². The maximum absolute atomic E-state index is 9.90. The van der Waals surface area contributed by atoms with E-state index in [0.717, 1.165) is 18.4 Å². The Balaban J connectivity index is 2.18. The molecule has 1 aromatic rings. The largest absolute Gasteiger partial charge is 0.388 e. The molecule has 1 heterocycles. The van der Waals surface area contributed by atoms with Crippen molar-refractivity contribution >= 4 is 5.82 Å². The van der Waals surface area contributed by atoms with E-state index in [-0.39, 0.29) is 0 Å². The number of nitrogens with two attached hydrogens (primary N) is 1. The third kappa shape index (κ3) is 1.52. The van der Waals surface area contributed by atoms with E-state index >= 15 is 0 Å². The molecule has 1 aliphatic carbocycles. The summed E-state index contributed by atoms with van der Waals surface area (Å²) in [7, 11) is 0. The van der Waals surface area contributed by atoms with Gasteiger partial charge in [0.05, 0.1) is 6.10 Å². The van der Waals surface area contributed by atoms with Gasteiger partial charge in [0.1, 0.15) is 5.82 Å². The molecular formula is C10H14N2O. The summed E-state index contributed by atoms with van der Waals surface area (Å²) < 4.78 is 0. The molecule has 0 aliphatic heterocycles. The van der Waals surface area contributed by atoms with Crippen LogP contribution in [0.15, 0.2) is 18.3 Å². The zero-order valence-electron chi connectivity index (χ0n) is 7.48. The van der Waals surface area contributed by atoms with Gasteiger partial charge in [0.25, 0.3) is 0 Å². The number of nitrogen functional groups attached to an aromatic ring is 1. The van der Waals surface area contributed by atoms with Crippen LogP contribution in [0, 0.1) is 5.92 Å². The summed E-state index contributed by atoms with van der Waals surface area (Å²) in [4.78, 5) is 3.96. The van der Waals surface area contributed by atoms with E-state index in [9.17, 15) is 5.11 Å². The highest BCUT2D eigenvalue weighted by molar-refractivity contribution is 5.40. The summed E-state index contributed by atoms with van der Waals surface area (Å²) in [6.07, 6.45) is 4.67. The molecule has 1 saturated carbocycles. The number of nitrogens with zero attached hydrogens (tertiary/aromatic N) is 1. The zero-order chi connectivity index (χ0) is 9.26. The molecule has 70 valence electrons. The predicted molar refractivity (Wildman–Crippen MR) is 51.0 cm³/mol. The Hall–Kier alpha value is -1.09. The maximum atomic E-state index is 9.90. The van der Waals surface area contributed by atoms with Gasteiger partial charge in [0.15, 0.2) is 0 Å². The van der Waals surface area contributed by atoms with E-state index in [0.29, 0.717) is 11.7 Å². The molecule has 1 unspecified atom stereocenters. The lowest BCUT2D eigenvalue weighted by Gasteiger charge is -2.30. The molecule has 1 atom stereocenters. The van der Waals surface area contributed by atoms with E-state index < -0.39 is 6.10 Å². The van der Waals surface area contributed by atoms with Crippen LogP contribution < -0.4 is 5.73 Å². The van der Waals surface area contributed by atoms with Gasteiger partial charge in [0.2, 0.25) is 0 Å². The summed E-state index contributed by atoms with van der Waals surface area (Å²) in [6, 6.07) is 3.67. The van der Waals surface area contributed by atoms with Crippen molar-refractivity contribution < 1.29 is 5.11 Å². The van der Waals surface area contributed by atoms with Crippen LogP contribution in [0.25, 0.3) is 0 Å². The van der Waals surface area contributed by atoms with E-state index in [2.05, 4.69) is 4.98 Å². The van der Waals surface area contributed by atoms with Crippen molar-refractivity contribution in [3.63, 3.8) is 0 Å². The standard InChI is InChI=1S/C10H14N2O/c11-10-8(5-2-6-12-10)9(13)7-3-1-4-7/h2,5-7,9,13H,1,3-4H2,(H2,11,12). The number of anilines is 1. The SMILES string of the molecule is Nc1ncccc1C(O)C1CCC1. The molecule has 1 aliphatic rings. The van der Waals surface area contributed by atoms with Gasteiger partial charge >= 0.3 is 0 Å². The molecule has 3 nitrogen and oxygen atoms in total. The van der Waals surface area contributed by atoms with Crippen LogP contribution in [0.3, 0.4) is 0 Å². The Labute approximate surface area is 77.6 Å². The van der Waals surface area contributed by atoms with Crippen molar-refractivity contribution in [3.05, 3.63) is 23.9 Å². The van der Waals surface area contributed by atoms with Crippen LogP contribution in [0.5, 0.6) is 0 Å². The number of aromatic nitrogens is 1. The highest BCUT2D eigenvalue weighted by Crippen LogP contribution is 2.38. The van der Waals surface area contributed by atoms with Crippen LogP contribution in [0.2, 0.25) is 0 Å². The van der Waals surface area contributed by atoms with Gasteiger partial charge in [-0.2, -0.15) is 0 Å². The first-order valence-electron chi connectivity index (χ1n) is 4.67. The van der Waals surface area contributed by atoms with E-state index in [1.165, 1.54) is 6.42 Å². The van der Waals surface area contributed by atoms with E-state index in [1.807, 2.05) is 12.1 Å². The molecule has 0 spiro atoms. The minimum atomic E-state index is -0.414. The maximum Gasteiger partial charge on any atom is 0.129 e. The third-order valence-corrected chi connectivity index (χ3v) is 2.79. The molecule has 1 aromatic heterocycles. The van der Waals surface area contributed by atoms with Gasteiger partial charge in [-0.25, -0.2) is 4.98 Å². The fourth-order valence-electron chi connectivity index (χ4n) is 1.69. The summed E-state index contributed by atoms with van der Waals surface area (Å²) >= 11 is 0. The Bertz CT molecular complexity index is 297. The fraction of sp³-hybridized carbons (Fsp3) is 0.500. The van der Waals surface area contributed by atoms with Crippen LogP contribution in [-0.4, -0.2) is 10.1 Å². The zero-order valence-corrected chi connectivity index (χ0v) is 7.48. The van der Waals surface area contributed by atoms with E-state index in [4.69, 9.17) is 5.73 Å². The topological polar surface area (TPSA) is 59.1 Å². The number of aliphatic hydroxyl groups excluding tert-OH is 1. The quantitative estimate of drug-likeness (QED) is 0.721. The minimum absolute atomic E-state index is 0.395. The van der Waals surface area contributed by atoms with Crippen molar-refractivity contribution in [2.45, 2.75) is 25.4 Å². The van der Waals surface area contributed by atoms with Crippen molar-refractivity contribution in [1.82, 2.24) is 4.98 Å². The Morgan fingerprint density at radius 3 is 2.85 bits per heavy atom. The Morgan fingerprint density at radius 1 is 1.54 bits per heavy atom. The molecule has 0 bridgehead atoms. The highest BCUT2D eigenvalue weighted by Gasteiger charge is 2.27. The molecule has 0 aromatic carbocycles. The molecule has 3 N–H and O–H groups in total. The molecule has 1 fully saturated rings. The summed E-state index contributed by atoms with van der Waals surface area (Å²) in [5.41, 5.74) is 6.45. The molecule has 3 heteroatoms. The fourth-order valence-corrected chi connectivity index (χ4v) is 1.69. The first-order valence-corrected chi connectivity index (χ1v) is 4.67. The number of pyridine rings is 1. The Morgan fingerprint density at radius 2 is 2.31 bits per heavy atom. The average molecular weight is 178 g/mol. The molecule has 0 amide bonds. The summed E-state index contributed by atoms with van der Waals surface area (Å²) in [6.45, 7) is 0. The van der Waals surface area contributed by atoms with Crippen molar-refractivity contribution in [1.29, 1.82) is 0 Å². The first kappa shape index (κ1) is 8.51. The van der Waals surface area contributed by atoms with Gasteiger partial charge in [-0.15, -0.1) is 0 Å². The van der Waals surface area contributed by atoms with Gasteiger partial charge < -0.3 is 10.8 Å². The van der Waals surface area contributed by atoms with Gasteiger partial charge in [-0.3, -0.25) is 0 Å². The van der Waals surface area contributed by atoms with Crippen LogP contribution in [0.1, 0.15) is 30.9 Å². The summed E-state index contributed by atoms with van der Waals surface area (Å²) in [5.74, 6) is 0.855. The second-order valence-electron chi connectivity index (χ2n) is 3.61. The molecule has 13 heavy (non-hydrogen) atoms.